The molecule has 3 aliphatic heterocycles. The van der Waals surface area contributed by atoms with Gasteiger partial charge in [-0.15, -0.1) is 0 Å². The number of amides is 1. The van der Waals surface area contributed by atoms with Gasteiger partial charge in [0, 0.05) is 45.5 Å². The maximum atomic E-state index is 12.2. The molecule has 1 aromatic rings. The van der Waals surface area contributed by atoms with E-state index < -0.39 is 0 Å². The first-order valence-electron chi connectivity index (χ1n) is 9.51. The summed E-state index contributed by atoms with van der Waals surface area (Å²) in [4.78, 5) is 14.8. The third kappa shape index (κ3) is 4.07. The fourth-order valence-electron chi connectivity index (χ4n) is 4.48. The molecule has 0 unspecified atom stereocenters. The van der Waals surface area contributed by atoms with Crippen LogP contribution in [0.4, 0.5) is 0 Å². The van der Waals surface area contributed by atoms with Crippen molar-refractivity contribution in [2.45, 2.75) is 43.7 Å². The van der Waals surface area contributed by atoms with Crippen LogP contribution in [-0.2, 0) is 9.47 Å². The Morgan fingerprint density at radius 2 is 2.16 bits per heavy atom. The molecule has 3 saturated heterocycles. The van der Waals surface area contributed by atoms with Gasteiger partial charge in [-0.25, -0.2) is 0 Å². The Balaban J connectivity index is 1.30. The molecule has 1 N–H and O–H groups in total. The molecule has 0 bridgehead atoms. The lowest BCUT2D eigenvalue weighted by molar-refractivity contribution is -0.0799. The highest BCUT2D eigenvalue weighted by molar-refractivity contribution is 5.91. The minimum atomic E-state index is -0.121. The molecule has 1 aromatic heterocycles. The van der Waals surface area contributed by atoms with Gasteiger partial charge < -0.3 is 24.1 Å². The maximum Gasteiger partial charge on any atom is 0.287 e. The molecule has 1 spiro atoms. The van der Waals surface area contributed by atoms with Crippen molar-refractivity contribution >= 4 is 5.91 Å². The molecule has 2 atom stereocenters. The lowest BCUT2D eigenvalue weighted by Gasteiger charge is -2.38. The predicted molar refractivity (Wildman–Crippen MR) is 92.5 cm³/mol. The molecule has 4 rings (SSSR count). The first kappa shape index (κ1) is 17.1. The van der Waals surface area contributed by atoms with Crippen LogP contribution in [0.5, 0.6) is 0 Å². The molecule has 25 heavy (non-hydrogen) atoms. The Morgan fingerprint density at radius 3 is 2.96 bits per heavy atom. The van der Waals surface area contributed by atoms with Crippen molar-refractivity contribution < 1.29 is 18.7 Å². The van der Waals surface area contributed by atoms with E-state index in [1.165, 1.54) is 19.1 Å². The van der Waals surface area contributed by atoms with E-state index in [2.05, 4.69) is 10.2 Å². The molecule has 4 heterocycles. The van der Waals surface area contributed by atoms with E-state index in [0.717, 1.165) is 58.0 Å². The summed E-state index contributed by atoms with van der Waals surface area (Å²) < 4.78 is 16.9. The van der Waals surface area contributed by atoms with Crippen LogP contribution in [0.2, 0.25) is 0 Å². The molecule has 1 amide bonds. The van der Waals surface area contributed by atoms with Gasteiger partial charge in [-0.3, -0.25) is 4.79 Å². The van der Waals surface area contributed by atoms with Gasteiger partial charge in [0.05, 0.1) is 11.9 Å². The van der Waals surface area contributed by atoms with Crippen LogP contribution < -0.4 is 5.32 Å². The Bertz CT molecular complexity index is 570. The SMILES string of the molecule is O=C(N[C@@H]1CCO[C@]2(CCN(CC3CCOCC3)C2)C1)c1ccco1. The second-order valence-electron chi connectivity index (χ2n) is 7.71. The smallest absolute Gasteiger partial charge is 0.287 e. The second kappa shape index (κ2) is 7.48. The lowest BCUT2D eigenvalue weighted by atomic mass is 9.89. The van der Waals surface area contributed by atoms with Gasteiger partial charge in [-0.05, 0) is 50.2 Å². The third-order valence-corrected chi connectivity index (χ3v) is 5.83. The summed E-state index contributed by atoms with van der Waals surface area (Å²) >= 11 is 0. The highest BCUT2D eigenvalue weighted by Gasteiger charge is 2.44. The molecule has 6 heteroatoms. The topological polar surface area (TPSA) is 63.9 Å². The second-order valence-corrected chi connectivity index (χ2v) is 7.71. The third-order valence-electron chi connectivity index (χ3n) is 5.83. The van der Waals surface area contributed by atoms with Crippen molar-refractivity contribution in [2.24, 2.45) is 5.92 Å². The fraction of sp³-hybridized carbons (Fsp3) is 0.737. The number of nitrogens with zero attached hydrogens (tertiary/aromatic N) is 1. The first-order chi connectivity index (χ1) is 12.2. The minimum Gasteiger partial charge on any atom is -0.459 e. The number of nitrogens with one attached hydrogen (secondary N) is 1. The van der Waals surface area contributed by atoms with Crippen LogP contribution in [0.1, 0.15) is 42.7 Å². The van der Waals surface area contributed by atoms with Crippen LogP contribution in [0.15, 0.2) is 22.8 Å². The van der Waals surface area contributed by atoms with E-state index in [-0.39, 0.29) is 17.6 Å². The van der Waals surface area contributed by atoms with E-state index in [1.54, 1.807) is 12.1 Å². The maximum absolute atomic E-state index is 12.2. The number of furan rings is 1. The zero-order valence-corrected chi connectivity index (χ0v) is 14.7. The Morgan fingerprint density at radius 1 is 1.28 bits per heavy atom. The van der Waals surface area contributed by atoms with Crippen molar-refractivity contribution in [1.29, 1.82) is 0 Å². The molecule has 6 nitrogen and oxygen atoms in total. The zero-order chi connectivity index (χ0) is 17.1. The number of hydrogen-bond donors (Lipinski definition) is 1. The van der Waals surface area contributed by atoms with Gasteiger partial charge >= 0.3 is 0 Å². The number of hydrogen-bond acceptors (Lipinski definition) is 5. The minimum absolute atomic E-state index is 0.0927. The van der Waals surface area contributed by atoms with Crippen molar-refractivity contribution in [2.75, 3.05) is 39.5 Å². The standard InChI is InChI=1S/C19H28N2O4/c22-18(17-2-1-8-24-17)20-16-5-11-25-19(12-16)6-7-21(14-19)13-15-3-9-23-10-4-15/h1-2,8,15-16H,3-7,9-14H2,(H,20,22)/t16-,19-/m1/s1. The van der Waals surface area contributed by atoms with Crippen molar-refractivity contribution in [3.8, 4) is 0 Å². The lowest BCUT2D eigenvalue weighted by Crippen LogP contribution is -2.50. The van der Waals surface area contributed by atoms with Crippen LogP contribution in [0.25, 0.3) is 0 Å². The molecule has 3 aliphatic rings. The quantitative estimate of drug-likeness (QED) is 0.902. The van der Waals surface area contributed by atoms with E-state index in [4.69, 9.17) is 13.9 Å². The summed E-state index contributed by atoms with van der Waals surface area (Å²) in [7, 11) is 0. The average molecular weight is 348 g/mol. The van der Waals surface area contributed by atoms with E-state index in [1.807, 2.05) is 0 Å². The largest absolute Gasteiger partial charge is 0.459 e. The van der Waals surface area contributed by atoms with Crippen LogP contribution in [-0.4, -0.2) is 61.9 Å². The number of carbonyl (C=O) groups is 1. The Hall–Kier alpha value is -1.37. The fourth-order valence-corrected chi connectivity index (χ4v) is 4.48. The average Bonchev–Trinajstić information content (AvgIpc) is 3.27. The molecule has 138 valence electrons. The highest BCUT2D eigenvalue weighted by Crippen LogP contribution is 2.35. The van der Waals surface area contributed by atoms with Crippen LogP contribution >= 0.6 is 0 Å². The van der Waals surface area contributed by atoms with Crippen molar-refractivity contribution in [3.05, 3.63) is 24.2 Å². The van der Waals surface area contributed by atoms with Crippen LogP contribution in [0.3, 0.4) is 0 Å². The summed E-state index contributed by atoms with van der Waals surface area (Å²) in [6, 6.07) is 3.61. The number of ether oxygens (including phenoxy) is 2. The molecule has 0 saturated carbocycles. The summed E-state index contributed by atoms with van der Waals surface area (Å²) in [5, 5.41) is 3.12. The van der Waals surface area contributed by atoms with Gasteiger partial charge in [0.2, 0.25) is 0 Å². The predicted octanol–water partition coefficient (Wildman–Crippen LogP) is 2.06. The molecule has 0 radical (unpaired) electrons. The number of rotatable bonds is 4. The first-order valence-corrected chi connectivity index (χ1v) is 9.51. The molecule has 0 aromatic carbocycles. The van der Waals surface area contributed by atoms with Crippen LogP contribution in [0, 0.1) is 5.92 Å². The van der Waals surface area contributed by atoms with Gasteiger partial charge in [0.15, 0.2) is 5.76 Å². The van der Waals surface area contributed by atoms with Crippen molar-refractivity contribution in [1.82, 2.24) is 10.2 Å². The molecule has 3 fully saturated rings. The van der Waals surface area contributed by atoms with E-state index in [9.17, 15) is 4.79 Å². The van der Waals surface area contributed by atoms with Gasteiger partial charge in [0.25, 0.3) is 5.91 Å². The number of likely N-dealkylation sites (tertiary alicyclic amines) is 1. The zero-order valence-electron chi connectivity index (χ0n) is 14.7. The van der Waals surface area contributed by atoms with Gasteiger partial charge in [-0.1, -0.05) is 0 Å². The van der Waals surface area contributed by atoms with Crippen molar-refractivity contribution in [3.63, 3.8) is 0 Å². The normalized spacial score (nSPS) is 31.4. The summed E-state index contributed by atoms with van der Waals surface area (Å²) in [5.74, 6) is 1.01. The van der Waals surface area contributed by atoms with Gasteiger partial charge in [-0.2, -0.15) is 0 Å². The highest BCUT2D eigenvalue weighted by atomic mass is 16.5. The summed E-state index contributed by atoms with van der Waals surface area (Å²) in [6.45, 7) is 5.75. The molecule has 0 aliphatic carbocycles. The number of carbonyl (C=O) groups excluding carboxylic acids is 1. The monoisotopic (exact) mass is 348 g/mol. The Labute approximate surface area is 148 Å². The summed E-state index contributed by atoms with van der Waals surface area (Å²) in [5.41, 5.74) is -0.0927. The van der Waals surface area contributed by atoms with E-state index in [0.29, 0.717) is 12.4 Å². The Kier molecular flexibility index (Phi) is 5.10. The molecular weight excluding hydrogens is 320 g/mol. The molecular formula is C19H28N2O4. The van der Waals surface area contributed by atoms with E-state index >= 15 is 0 Å². The summed E-state index contributed by atoms with van der Waals surface area (Å²) in [6.07, 6.45) is 6.70. The van der Waals surface area contributed by atoms with Gasteiger partial charge in [0.1, 0.15) is 0 Å².